The summed E-state index contributed by atoms with van der Waals surface area (Å²) in [6.45, 7) is 0.824. The summed E-state index contributed by atoms with van der Waals surface area (Å²) in [7, 11) is 0. The van der Waals surface area contributed by atoms with E-state index in [2.05, 4.69) is 9.55 Å². The van der Waals surface area contributed by atoms with Crippen LogP contribution < -0.4 is 0 Å². The minimum absolute atomic E-state index is 0.207. The van der Waals surface area contributed by atoms with Crippen molar-refractivity contribution in [3.63, 3.8) is 0 Å². The smallest absolute Gasteiger partial charge is 0.123 e. The Morgan fingerprint density at radius 3 is 2.60 bits per heavy atom. The van der Waals surface area contributed by atoms with Crippen molar-refractivity contribution in [1.29, 1.82) is 0 Å². The van der Waals surface area contributed by atoms with Crippen LogP contribution in [0.4, 0.5) is 4.39 Å². The topological polar surface area (TPSA) is 17.8 Å². The van der Waals surface area contributed by atoms with Crippen LogP contribution in [0.1, 0.15) is 12.0 Å². The Morgan fingerprint density at radius 2 is 1.92 bits per heavy atom. The molecule has 0 spiro atoms. The summed E-state index contributed by atoms with van der Waals surface area (Å²) >= 11 is 14.0. The van der Waals surface area contributed by atoms with Gasteiger partial charge in [0.05, 0.1) is 11.3 Å². The van der Waals surface area contributed by atoms with E-state index in [9.17, 15) is 4.39 Å². The zero-order valence-electron chi connectivity index (χ0n) is 13.4. The number of imidazole rings is 1. The SMILES string of the molecule is Fc1ccc(CCC(Cn2ccnc2)Sc2ccc(Cl)cc2Cl)cc1. The molecule has 3 aromatic rings. The van der Waals surface area contributed by atoms with Gasteiger partial charge in [-0.25, -0.2) is 9.37 Å². The highest BCUT2D eigenvalue weighted by Gasteiger charge is 2.14. The molecule has 1 unspecified atom stereocenters. The second-order valence-electron chi connectivity index (χ2n) is 5.74. The quantitative estimate of drug-likeness (QED) is 0.449. The first-order valence-electron chi connectivity index (χ1n) is 7.92. The van der Waals surface area contributed by atoms with Crippen molar-refractivity contribution in [3.05, 3.63) is 82.6 Å². The van der Waals surface area contributed by atoms with Crippen LogP contribution in [0.15, 0.2) is 66.1 Å². The molecule has 25 heavy (non-hydrogen) atoms. The van der Waals surface area contributed by atoms with Crippen LogP contribution in [-0.4, -0.2) is 14.8 Å². The van der Waals surface area contributed by atoms with Gasteiger partial charge in [-0.1, -0.05) is 35.3 Å². The summed E-state index contributed by atoms with van der Waals surface area (Å²) in [6.07, 6.45) is 7.35. The first kappa shape index (κ1) is 18.3. The lowest BCUT2D eigenvalue weighted by molar-refractivity contribution is 0.618. The van der Waals surface area contributed by atoms with Crippen LogP contribution in [0, 0.1) is 5.82 Å². The third kappa shape index (κ3) is 5.50. The lowest BCUT2D eigenvalue weighted by Gasteiger charge is -2.18. The number of thioether (sulfide) groups is 1. The fraction of sp³-hybridized carbons (Fsp3) is 0.211. The van der Waals surface area contributed by atoms with Crippen LogP contribution in [-0.2, 0) is 13.0 Å². The van der Waals surface area contributed by atoms with Gasteiger partial charge in [-0.15, -0.1) is 11.8 Å². The van der Waals surface area contributed by atoms with E-state index >= 15 is 0 Å². The second-order valence-corrected chi connectivity index (χ2v) is 7.93. The molecule has 2 nitrogen and oxygen atoms in total. The molecule has 0 fully saturated rings. The molecule has 0 aliphatic carbocycles. The maximum absolute atomic E-state index is 13.1. The number of aromatic nitrogens is 2. The lowest BCUT2D eigenvalue weighted by atomic mass is 10.1. The summed E-state index contributed by atoms with van der Waals surface area (Å²) in [4.78, 5) is 5.12. The van der Waals surface area contributed by atoms with E-state index in [-0.39, 0.29) is 5.82 Å². The Labute approximate surface area is 161 Å². The molecule has 1 atom stereocenters. The molecule has 130 valence electrons. The summed E-state index contributed by atoms with van der Waals surface area (Å²) in [5.74, 6) is -0.207. The summed E-state index contributed by atoms with van der Waals surface area (Å²) in [5.41, 5.74) is 1.12. The van der Waals surface area contributed by atoms with Gasteiger partial charge in [0.25, 0.3) is 0 Å². The summed E-state index contributed by atoms with van der Waals surface area (Å²) < 4.78 is 15.1. The highest BCUT2D eigenvalue weighted by atomic mass is 35.5. The average Bonchev–Trinajstić information content (AvgIpc) is 3.09. The Kier molecular flexibility index (Phi) is 6.40. The molecule has 2 aromatic carbocycles. The van der Waals surface area contributed by atoms with Crippen molar-refractivity contribution in [2.24, 2.45) is 0 Å². The van der Waals surface area contributed by atoms with Gasteiger partial charge in [0.2, 0.25) is 0 Å². The number of nitrogens with zero attached hydrogens (tertiary/aromatic N) is 2. The van der Waals surface area contributed by atoms with E-state index < -0.39 is 0 Å². The Hall–Kier alpha value is -1.49. The van der Waals surface area contributed by atoms with Crippen molar-refractivity contribution >= 4 is 35.0 Å². The van der Waals surface area contributed by atoms with Crippen LogP contribution in [0.2, 0.25) is 10.0 Å². The molecule has 1 heterocycles. The van der Waals surface area contributed by atoms with Crippen LogP contribution >= 0.6 is 35.0 Å². The normalized spacial score (nSPS) is 12.3. The van der Waals surface area contributed by atoms with Crippen molar-refractivity contribution in [1.82, 2.24) is 9.55 Å². The molecule has 0 aliphatic heterocycles. The number of aryl methyl sites for hydroxylation is 1. The van der Waals surface area contributed by atoms with E-state index in [4.69, 9.17) is 23.2 Å². The Morgan fingerprint density at radius 1 is 1.12 bits per heavy atom. The van der Waals surface area contributed by atoms with Crippen molar-refractivity contribution < 1.29 is 4.39 Å². The monoisotopic (exact) mass is 394 g/mol. The number of benzene rings is 2. The number of hydrogen-bond donors (Lipinski definition) is 0. The lowest BCUT2D eigenvalue weighted by Crippen LogP contribution is -2.13. The zero-order valence-corrected chi connectivity index (χ0v) is 15.7. The molecule has 3 rings (SSSR count). The van der Waals surface area contributed by atoms with Gasteiger partial charge in [0, 0.05) is 34.1 Å². The maximum atomic E-state index is 13.1. The van der Waals surface area contributed by atoms with Gasteiger partial charge in [-0.05, 0) is 48.7 Å². The van der Waals surface area contributed by atoms with E-state index in [1.165, 1.54) is 12.1 Å². The third-order valence-electron chi connectivity index (χ3n) is 3.83. The fourth-order valence-electron chi connectivity index (χ4n) is 2.55. The van der Waals surface area contributed by atoms with Crippen LogP contribution in [0.25, 0.3) is 0 Å². The van der Waals surface area contributed by atoms with Crippen molar-refractivity contribution in [2.45, 2.75) is 29.5 Å². The second kappa shape index (κ2) is 8.75. The molecule has 0 N–H and O–H groups in total. The molecule has 0 radical (unpaired) electrons. The summed E-state index contributed by atoms with van der Waals surface area (Å²) in [6, 6.07) is 12.2. The zero-order chi connectivity index (χ0) is 17.6. The minimum atomic E-state index is -0.207. The number of halogens is 3. The highest BCUT2D eigenvalue weighted by molar-refractivity contribution is 8.00. The first-order valence-corrected chi connectivity index (χ1v) is 9.55. The van der Waals surface area contributed by atoms with Gasteiger partial charge < -0.3 is 4.57 Å². The van der Waals surface area contributed by atoms with E-state index in [1.54, 1.807) is 24.0 Å². The fourth-order valence-corrected chi connectivity index (χ4v) is 4.25. The average molecular weight is 395 g/mol. The molecule has 0 saturated heterocycles. The molecule has 0 aliphatic rings. The minimum Gasteiger partial charge on any atom is -0.336 e. The van der Waals surface area contributed by atoms with Gasteiger partial charge in [-0.3, -0.25) is 0 Å². The third-order valence-corrected chi connectivity index (χ3v) is 5.82. The first-order chi connectivity index (χ1) is 12.1. The van der Waals surface area contributed by atoms with E-state index in [0.717, 1.165) is 29.8 Å². The van der Waals surface area contributed by atoms with Gasteiger partial charge in [0.15, 0.2) is 0 Å². The number of rotatable bonds is 7. The van der Waals surface area contributed by atoms with E-state index in [0.29, 0.717) is 15.3 Å². The predicted molar refractivity (Wildman–Crippen MR) is 103 cm³/mol. The Bertz CT molecular complexity index is 807. The van der Waals surface area contributed by atoms with E-state index in [1.807, 2.05) is 36.8 Å². The largest absolute Gasteiger partial charge is 0.336 e. The Balaban J connectivity index is 1.71. The van der Waals surface area contributed by atoms with Gasteiger partial charge in [0.1, 0.15) is 5.82 Å². The number of hydrogen-bond acceptors (Lipinski definition) is 2. The van der Waals surface area contributed by atoms with Crippen molar-refractivity contribution in [3.8, 4) is 0 Å². The molecule has 1 aromatic heterocycles. The molecule has 0 amide bonds. The molecular weight excluding hydrogens is 378 g/mol. The van der Waals surface area contributed by atoms with Gasteiger partial charge in [-0.2, -0.15) is 0 Å². The molecule has 0 bridgehead atoms. The summed E-state index contributed by atoms with van der Waals surface area (Å²) in [5, 5.41) is 1.60. The van der Waals surface area contributed by atoms with Gasteiger partial charge >= 0.3 is 0 Å². The molecule has 0 saturated carbocycles. The van der Waals surface area contributed by atoms with Crippen molar-refractivity contribution in [2.75, 3.05) is 0 Å². The maximum Gasteiger partial charge on any atom is 0.123 e. The molecular formula is C19H17Cl2FN2S. The van der Waals surface area contributed by atoms with Crippen LogP contribution in [0.3, 0.4) is 0 Å². The standard InChI is InChI=1S/C19H17Cl2FN2S/c20-15-4-8-19(18(21)11-15)25-17(12-24-10-9-23-13-24)7-3-14-1-5-16(22)6-2-14/h1-2,4-6,8-11,13,17H,3,7,12H2. The predicted octanol–water partition coefficient (Wildman–Crippen LogP) is 6.12. The molecule has 6 heteroatoms. The highest BCUT2D eigenvalue weighted by Crippen LogP contribution is 2.34. The van der Waals surface area contributed by atoms with Crippen LogP contribution in [0.5, 0.6) is 0 Å².